The van der Waals surface area contributed by atoms with E-state index in [9.17, 15) is 14.0 Å². The van der Waals surface area contributed by atoms with Crippen LogP contribution in [0.1, 0.15) is 6.92 Å². The molecule has 0 heterocycles. The molecule has 132 valence electrons. The standard InChI is InChI=1S/C18H19FN2O4/c1-12(22)21(15-6-4-5-13(19)9-15)11-18(23)20-14-7-8-16(24-2)17(10-14)25-3/h4-10H,11H2,1-3H3,(H,20,23). The molecule has 7 heteroatoms. The van der Waals surface area contributed by atoms with Gasteiger partial charge in [0.1, 0.15) is 12.4 Å². The third-order valence-corrected chi connectivity index (χ3v) is 3.47. The fourth-order valence-corrected chi connectivity index (χ4v) is 2.29. The summed E-state index contributed by atoms with van der Waals surface area (Å²) in [4.78, 5) is 25.3. The molecule has 0 aromatic heterocycles. The molecule has 0 aliphatic heterocycles. The lowest BCUT2D eigenvalue weighted by Gasteiger charge is -2.21. The van der Waals surface area contributed by atoms with Gasteiger partial charge >= 0.3 is 0 Å². The molecule has 0 unspecified atom stereocenters. The summed E-state index contributed by atoms with van der Waals surface area (Å²) in [5, 5.41) is 2.68. The molecular formula is C18H19FN2O4. The number of ether oxygens (including phenoxy) is 2. The average molecular weight is 346 g/mol. The summed E-state index contributed by atoms with van der Waals surface area (Å²) in [6.07, 6.45) is 0. The Labute approximate surface area is 145 Å². The minimum absolute atomic E-state index is 0.243. The van der Waals surface area contributed by atoms with Gasteiger partial charge in [0.2, 0.25) is 11.8 Å². The average Bonchev–Trinajstić information content (AvgIpc) is 2.59. The third-order valence-electron chi connectivity index (χ3n) is 3.47. The van der Waals surface area contributed by atoms with Crippen molar-refractivity contribution < 1.29 is 23.5 Å². The van der Waals surface area contributed by atoms with E-state index in [-0.39, 0.29) is 12.5 Å². The largest absolute Gasteiger partial charge is 0.493 e. The van der Waals surface area contributed by atoms with Gasteiger partial charge in [0.25, 0.3) is 0 Å². The molecular weight excluding hydrogens is 327 g/mol. The van der Waals surface area contributed by atoms with E-state index in [4.69, 9.17) is 9.47 Å². The predicted octanol–water partition coefficient (Wildman–Crippen LogP) is 2.83. The van der Waals surface area contributed by atoms with Gasteiger partial charge in [-0.2, -0.15) is 0 Å². The second-order valence-corrected chi connectivity index (χ2v) is 5.20. The fourth-order valence-electron chi connectivity index (χ4n) is 2.29. The monoisotopic (exact) mass is 346 g/mol. The van der Waals surface area contributed by atoms with E-state index in [1.165, 1.54) is 44.2 Å². The summed E-state index contributed by atoms with van der Waals surface area (Å²) in [6, 6.07) is 10.4. The zero-order valence-electron chi connectivity index (χ0n) is 14.2. The quantitative estimate of drug-likeness (QED) is 0.873. The number of halogens is 1. The van der Waals surface area contributed by atoms with E-state index < -0.39 is 11.7 Å². The Hall–Kier alpha value is -3.09. The summed E-state index contributed by atoms with van der Waals surface area (Å²) in [7, 11) is 3.00. The van der Waals surface area contributed by atoms with E-state index in [2.05, 4.69) is 5.32 Å². The van der Waals surface area contributed by atoms with Crippen molar-refractivity contribution in [2.24, 2.45) is 0 Å². The Kier molecular flexibility index (Phi) is 5.94. The summed E-state index contributed by atoms with van der Waals surface area (Å²) in [5.74, 6) is -0.275. The fraction of sp³-hybridized carbons (Fsp3) is 0.222. The molecule has 0 aliphatic carbocycles. The molecule has 25 heavy (non-hydrogen) atoms. The van der Waals surface area contributed by atoms with Gasteiger partial charge in [-0.15, -0.1) is 0 Å². The first-order valence-corrected chi connectivity index (χ1v) is 7.50. The van der Waals surface area contributed by atoms with Crippen LogP contribution in [0, 0.1) is 5.82 Å². The summed E-state index contributed by atoms with van der Waals surface area (Å²) in [5.41, 5.74) is 0.806. The van der Waals surface area contributed by atoms with Crippen molar-refractivity contribution in [2.75, 3.05) is 31.0 Å². The molecule has 0 saturated heterocycles. The van der Waals surface area contributed by atoms with Crippen LogP contribution in [-0.2, 0) is 9.59 Å². The molecule has 2 aromatic rings. The summed E-state index contributed by atoms with van der Waals surface area (Å²) < 4.78 is 23.7. The van der Waals surface area contributed by atoms with Crippen LogP contribution >= 0.6 is 0 Å². The molecule has 0 radical (unpaired) electrons. The van der Waals surface area contributed by atoms with Gasteiger partial charge in [-0.25, -0.2) is 4.39 Å². The van der Waals surface area contributed by atoms with Gasteiger partial charge in [-0.3, -0.25) is 9.59 Å². The minimum atomic E-state index is -0.482. The van der Waals surface area contributed by atoms with Gasteiger partial charge in [0.05, 0.1) is 14.2 Å². The topological polar surface area (TPSA) is 67.9 Å². The highest BCUT2D eigenvalue weighted by molar-refractivity contribution is 6.01. The van der Waals surface area contributed by atoms with Crippen molar-refractivity contribution in [1.29, 1.82) is 0 Å². The molecule has 0 aliphatic rings. The molecule has 1 N–H and O–H groups in total. The summed E-state index contributed by atoms with van der Waals surface area (Å²) in [6.45, 7) is 1.07. The Balaban J connectivity index is 2.13. The van der Waals surface area contributed by atoms with E-state index in [1.54, 1.807) is 24.3 Å². The molecule has 2 rings (SSSR count). The molecule has 2 amide bonds. The van der Waals surface area contributed by atoms with Crippen LogP contribution in [0.25, 0.3) is 0 Å². The second-order valence-electron chi connectivity index (χ2n) is 5.20. The smallest absolute Gasteiger partial charge is 0.244 e. The number of anilines is 2. The third kappa shape index (κ3) is 4.69. The highest BCUT2D eigenvalue weighted by atomic mass is 19.1. The van der Waals surface area contributed by atoms with Crippen LogP contribution in [-0.4, -0.2) is 32.6 Å². The van der Waals surface area contributed by atoms with Gasteiger partial charge in [-0.1, -0.05) is 6.07 Å². The molecule has 0 fully saturated rings. The van der Waals surface area contributed by atoms with Crippen LogP contribution in [0.3, 0.4) is 0 Å². The molecule has 0 spiro atoms. The van der Waals surface area contributed by atoms with Crippen LogP contribution < -0.4 is 19.7 Å². The SMILES string of the molecule is COc1ccc(NC(=O)CN(C(C)=O)c2cccc(F)c2)cc1OC. The predicted molar refractivity (Wildman–Crippen MR) is 92.6 cm³/mol. The van der Waals surface area contributed by atoms with E-state index in [1.807, 2.05) is 0 Å². The number of hydrogen-bond acceptors (Lipinski definition) is 4. The number of carbonyl (C=O) groups is 2. The van der Waals surface area contributed by atoms with Crippen LogP contribution in [0.2, 0.25) is 0 Å². The first kappa shape index (κ1) is 18.3. The van der Waals surface area contributed by atoms with Gasteiger partial charge in [0.15, 0.2) is 11.5 Å². The maximum absolute atomic E-state index is 13.4. The number of rotatable bonds is 6. The number of nitrogens with zero attached hydrogens (tertiary/aromatic N) is 1. The lowest BCUT2D eigenvalue weighted by Crippen LogP contribution is -2.36. The second kappa shape index (κ2) is 8.14. The van der Waals surface area contributed by atoms with E-state index in [0.29, 0.717) is 22.9 Å². The maximum Gasteiger partial charge on any atom is 0.244 e. The molecule has 2 aromatic carbocycles. The zero-order chi connectivity index (χ0) is 18.4. The van der Waals surface area contributed by atoms with E-state index in [0.717, 1.165) is 0 Å². The first-order valence-electron chi connectivity index (χ1n) is 7.50. The lowest BCUT2D eigenvalue weighted by atomic mass is 10.2. The number of benzene rings is 2. The minimum Gasteiger partial charge on any atom is -0.493 e. The zero-order valence-corrected chi connectivity index (χ0v) is 14.2. The molecule has 0 bridgehead atoms. The number of nitrogens with one attached hydrogen (secondary N) is 1. The number of methoxy groups -OCH3 is 2. The Morgan fingerprint density at radius 3 is 2.40 bits per heavy atom. The molecule has 0 saturated carbocycles. The van der Waals surface area contributed by atoms with Crippen LogP contribution in [0.15, 0.2) is 42.5 Å². The van der Waals surface area contributed by atoms with Crippen molar-refractivity contribution in [3.05, 3.63) is 48.3 Å². The Bertz CT molecular complexity index is 779. The Morgan fingerprint density at radius 2 is 1.80 bits per heavy atom. The van der Waals surface area contributed by atoms with Gasteiger partial charge in [-0.05, 0) is 30.3 Å². The van der Waals surface area contributed by atoms with Crippen molar-refractivity contribution in [3.63, 3.8) is 0 Å². The first-order chi connectivity index (χ1) is 11.9. The maximum atomic E-state index is 13.4. The lowest BCUT2D eigenvalue weighted by molar-refractivity contribution is -0.120. The van der Waals surface area contributed by atoms with Crippen LogP contribution in [0.4, 0.5) is 15.8 Å². The molecule has 0 atom stereocenters. The van der Waals surface area contributed by atoms with Gasteiger partial charge in [0, 0.05) is 24.4 Å². The van der Waals surface area contributed by atoms with Crippen molar-refractivity contribution in [1.82, 2.24) is 0 Å². The van der Waals surface area contributed by atoms with Crippen molar-refractivity contribution >= 4 is 23.2 Å². The number of amides is 2. The van der Waals surface area contributed by atoms with Crippen LogP contribution in [0.5, 0.6) is 11.5 Å². The highest BCUT2D eigenvalue weighted by Gasteiger charge is 2.17. The Morgan fingerprint density at radius 1 is 1.08 bits per heavy atom. The van der Waals surface area contributed by atoms with Crippen molar-refractivity contribution in [2.45, 2.75) is 6.92 Å². The highest BCUT2D eigenvalue weighted by Crippen LogP contribution is 2.29. The summed E-state index contributed by atoms with van der Waals surface area (Å²) >= 11 is 0. The van der Waals surface area contributed by atoms with E-state index >= 15 is 0 Å². The van der Waals surface area contributed by atoms with Crippen molar-refractivity contribution in [3.8, 4) is 11.5 Å². The molecule has 6 nitrogen and oxygen atoms in total. The number of hydrogen-bond donors (Lipinski definition) is 1. The van der Waals surface area contributed by atoms with Gasteiger partial charge < -0.3 is 19.7 Å². The normalized spacial score (nSPS) is 10.1. The number of carbonyl (C=O) groups excluding carboxylic acids is 2.